The molecule has 5 heteroatoms. The first-order valence-corrected chi connectivity index (χ1v) is 8.16. The van der Waals surface area contributed by atoms with E-state index in [2.05, 4.69) is 5.32 Å². The summed E-state index contributed by atoms with van der Waals surface area (Å²) in [7, 11) is 0. The lowest BCUT2D eigenvalue weighted by molar-refractivity contribution is -0.127. The summed E-state index contributed by atoms with van der Waals surface area (Å²) < 4.78 is 5.88. The molecule has 0 saturated heterocycles. The summed E-state index contributed by atoms with van der Waals surface area (Å²) in [4.78, 5) is 26.4. The minimum absolute atomic E-state index is 0.0413. The van der Waals surface area contributed by atoms with Crippen LogP contribution in [0.15, 0.2) is 18.2 Å². The number of ether oxygens (including phenoxy) is 1. The van der Waals surface area contributed by atoms with Crippen molar-refractivity contribution >= 4 is 23.2 Å². The van der Waals surface area contributed by atoms with E-state index >= 15 is 0 Å². The summed E-state index contributed by atoms with van der Waals surface area (Å²) in [6.45, 7) is 10.5. The minimum atomic E-state index is -0.574. The topological polar surface area (TPSA) is 58.6 Å². The second-order valence-corrected chi connectivity index (χ2v) is 6.96. The van der Waals surface area contributed by atoms with E-state index in [9.17, 15) is 9.59 Å². The molecule has 0 bridgehead atoms. The van der Waals surface area contributed by atoms with Crippen LogP contribution in [0.4, 0.5) is 11.4 Å². The van der Waals surface area contributed by atoms with E-state index in [0.29, 0.717) is 24.6 Å². The average Bonchev–Trinajstić information content (AvgIpc) is 2.58. The van der Waals surface area contributed by atoms with Crippen LogP contribution in [-0.4, -0.2) is 25.0 Å². The Bertz CT molecular complexity index is 608. The number of carbonyl (C=O) groups is 2. The molecule has 1 aromatic carbocycles. The smallest absolute Gasteiger partial charge is 0.236 e. The van der Waals surface area contributed by atoms with Gasteiger partial charge in [-0.25, -0.2) is 0 Å². The van der Waals surface area contributed by atoms with E-state index < -0.39 is 5.41 Å². The van der Waals surface area contributed by atoms with Crippen LogP contribution in [0.5, 0.6) is 5.75 Å². The number of hydrogen-bond acceptors (Lipinski definition) is 3. The number of rotatable bonds is 4. The maximum Gasteiger partial charge on any atom is 0.236 e. The number of nitrogens with zero attached hydrogens (tertiary/aromatic N) is 1. The van der Waals surface area contributed by atoms with Gasteiger partial charge in [-0.05, 0) is 32.4 Å². The van der Waals surface area contributed by atoms with Crippen molar-refractivity contribution in [2.24, 2.45) is 11.3 Å². The predicted octanol–water partition coefficient (Wildman–Crippen LogP) is 3.44. The third kappa shape index (κ3) is 3.66. The standard InChI is InChI=1S/C18H26N2O3/c1-6-9-20-14-8-7-13(19-16(21)12(2)3)10-15(14)23-11-18(4,5)17(20)22/h7-8,10,12H,6,9,11H2,1-5H3,(H,19,21). The summed E-state index contributed by atoms with van der Waals surface area (Å²) in [6, 6.07) is 5.46. The molecule has 0 atom stereocenters. The zero-order valence-electron chi connectivity index (χ0n) is 14.6. The van der Waals surface area contributed by atoms with Crippen molar-refractivity contribution in [3.8, 4) is 5.75 Å². The molecule has 1 N–H and O–H groups in total. The second-order valence-electron chi connectivity index (χ2n) is 6.96. The Kier molecular flexibility index (Phi) is 4.97. The lowest BCUT2D eigenvalue weighted by Crippen LogP contribution is -2.42. The number of carbonyl (C=O) groups excluding carboxylic acids is 2. The number of anilines is 2. The Morgan fingerprint density at radius 3 is 2.70 bits per heavy atom. The monoisotopic (exact) mass is 318 g/mol. The Morgan fingerprint density at radius 2 is 2.09 bits per heavy atom. The number of nitrogens with one attached hydrogen (secondary N) is 1. The molecule has 0 spiro atoms. The Labute approximate surface area is 138 Å². The summed E-state index contributed by atoms with van der Waals surface area (Å²) in [5.41, 5.74) is 0.881. The molecular formula is C18H26N2O3. The van der Waals surface area contributed by atoms with Gasteiger partial charge >= 0.3 is 0 Å². The molecule has 1 aliphatic heterocycles. The fourth-order valence-corrected chi connectivity index (χ4v) is 2.46. The van der Waals surface area contributed by atoms with Crippen molar-refractivity contribution in [2.75, 3.05) is 23.4 Å². The van der Waals surface area contributed by atoms with Crippen molar-refractivity contribution < 1.29 is 14.3 Å². The Hall–Kier alpha value is -2.04. The molecule has 5 nitrogen and oxygen atoms in total. The molecule has 23 heavy (non-hydrogen) atoms. The Morgan fingerprint density at radius 1 is 1.39 bits per heavy atom. The van der Waals surface area contributed by atoms with Gasteiger partial charge in [0, 0.05) is 24.2 Å². The predicted molar refractivity (Wildman–Crippen MR) is 91.8 cm³/mol. The van der Waals surface area contributed by atoms with Gasteiger partial charge in [-0.3, -0.25) is 9.59 Å². The van der Waals surface area contributed by atoms with Crippen molar-refractivity contribution in [3.05, 3.63) is 18.2 Å². The lowest BCUT2D eigenvalue weighted by atomic mass is 9.93. The summed E-state index contributed by atoms with van der Waals surface area (Å²) >= 11 is 0. The molecule has 0 aromatic heterocycles. The molecular weight excluding hydrogens is 292 g/mol. The third-order valence-corrected chi connectivity index (χ3v) is 3.90. The molecule has 0 fully saturated rings. The third-order valence-electron chi connectivity index (χ3n) is 3.90. The second kappa shape index (κ2) is 6.60. The van der Waals surface area contributed by atoms with Gasteiger partial charge in [-0.2, -0.15) is 0 Å². The van der Waals surface area contributed by atoms with Crippen molar-refractivity contribution in [2.45, 2.75) is 41.0 Å². The van der Waals surface area contributed by atoms with Crippen LogP contribution >= 0.6 is 0 Å². The highest BCUT2D eigenvalue weighted by Gasteiger charge is 2.37. The zero-order valence-corrected chi connectivity index (χ0v) is 14.6. The molecule has 1 heterocycles. The summed E-state index contributed by atoms with van der Waals surface area (Å²) in [6.07, 6.45) is 0.868. The highest BCUT2D eigenvalue weighted by atomic mass is 16.5. The number of amides is 2. The van der Waals surface area contributed by atoms with Gasteiger partial charge in [0.15, 0.2) is 0 Å². The SMILES string of the molecule is CCCN1C(=O)C(C)(C)COc2cc(NC(=O)C(C)C)ccc21. The quantitative estimate of drug-likeness (QED) is 0.925. The highest BCUT2D eigenvalue weighted by molar-refractivity contribution is 6.00. The van der Waals surface area contributed by atoms with E-state index in [1.54, 1.807) is 11.0 Å². The van der Waals surface area contributed by atoms with E-state index in [-0.39, 0.29) is 17.7 Å². The first-order chi connectivity index (χ1) is 10.8. The number of fused-ring (bicyclic) bond motifs is 1. The van der Waals surface area contributed by atoms with Crippen LogP contribution in [0.2, 0.25) is 0 Å². The van der Waals surface area contributed by atoms with Crippen LogP contribution in [0.1, 0.15) is 41.0 Å². The lowest BCUT2D eigenvalue weighted by Gasteiger charge is -2.27. The van der Waals surface area contributed by atoms with Gasteiger partial charge in [0.1, 0.15) is 12.4 Å². The first-order valence-electron chi connectivity index (χ1n) is 8.16. The van der Waals surface area contributed by atoms with Gasteiger partial charge in [-0.1, -0.05) is 20.8 Å². The maximum absolute atomic E-state index is 12.7. The minimum Gasteiger partial charge on any atom is -0.490 e. The molecule has 0 radical (unpaired) electrons. The van der Waals surface area contributed by atoms with Gasteiger partial charge in [0.25, 0.3) is 0 Å². The number of hydrogen-bond donors (Lipinski definition) is 1. The molecule has 2 amide bonds. The molecule has 0 saturated carbocycles. The fraction of sp³-hybridized carbons (Fsp3) is 0.556. The van der Waals surface area contributed by atoms with E-state index in [4.69, 9.17) is 4.74 Å². The van der Waals surface area contributed by atoms with Crippen LogP contribution in [-0.2, 0) is 9.59 Å². The van der Waals surface area contributed by atoms with E-state index in [1.807, 2.05) is 46.8 Å². The summed E-state index contributed by atoms with van der Waals surface area (Å²) in [5.74, 6) is 0.572. The highest BCUT2D eigenvalue weighted by Crippen LogP contribution is 2.38. The van der Waals surface area contributed by atoms with Crippen LogP contribution < -0.4 is 15.0 Å². The van der Waals surface area contributed by atoms with Crippen LogP contribution in [0, 0.1) is 11.3 Å². The molecule has 126 valence electrons. The van der Waals surface area contributed by atoms with Crippen molar-refractivity contribution in [1.29, 1.82) is 0 Å². The Balaban J connectivity index is 2.37. The molecule has 2 rings (SSSR count). The molecule has 0 aliphatic carbocycles. The largest absolute Gasteiger partial charge is 0.490 e. The van der Waals surface area contributed by atoms with Crippen molar-refractivity contribution in [1.82, 2.24) is 0 Å². The number of benzene rings is 1. The molecule has 1 aromatic rings. The van der Waals surface area contributed by atoms with Gasteiger partial charge in [0.2, 0.25) is 11.8 Å². The summed E-state index contributed by atoms with van der Waals surface area (Å²) in [5, 5.41) is 2.87. The van der Waals surface area contributed by atoms with Gasteiger partial charge in [-0.15, -0.1) is 0 Å². The van der Waals surface area contributed by atoms with Gasteiger partial charge < -0.3 is 15.0 Å². The molecule has 1 aliphatic rings. The zero-order chi connectivity index (χ0) is 17.2. The van der Waals surface area contributed by atoms with E-state index in [0.717, 1.165) is 12.1 Å². The van der Waals surface area contributed by atoms with Crippen molar-refractivity contribution in [3.63, 3.8) is 0 Å². The molecule has 0 unspecified atom stereocenters. The maximum atomic E-state index is 12.7. The van der Waals surface area contributed by atoms with E-state index in [1.165, 1.54) is 0 Å². The van der Waals surface area contributed by atoms with Gasteiger partial charge in [0.05, 0.1) is 11.1 Å². The fourth-order valence-electron chi connectivity index (χ4n) is 2.46. The first kappa shape index (κ1) is 17.3. The van der Waals surface area contributed by atoms with Crippen LogP contribution in [0.3, 0.4) is 0 Å². The van der Waals surface area contributed by atoms with Crippen LogP contribution in [0.25, 0.3) is 0 Å². The average molecular weight is 318 g/mol. The normalized spacial score (nSPS) is 16.6.